The number of Topliss-reactive ketones (excluding diaryl/α,β-unsaturated/α-hetero) is 1. The molecule has 0 saturated heterocycles. The molecule has 3 fully saturated rings. The minimum Gasteiger partial charge on any atom is -0.393 e. The molecule has 3 aromatic rings. The molecular weight excluding hydrogens is 683 g/mol. The summed E-state index contributed by atoms with van der Waals surface area (Å²) in [6.07, 6.45) is 12.4. The number of allylic oxidation sites excluding steroid dienone is 4. The second kappa shape index (κ2) is 14.1. The number of hydrogen-bond acceptors (Lipinski definition) is 8. The predicted octanol–water partition coefficient (Wildman–Crippen LogP) is 7.59. The number of nitrogens with zero attached hydrogens (tertiary/aromatic N) is 1. The van der Waals surface area contributed by atoms with Crippen molar-refractivity contribution in [3.63, 3.8) is 0 Å². The third-order valence-electron chi connectivity index (χ3n) is 14.8. The number of aliphatic hydroxyl groups is 3. The summed E-state index contributed by atoms with van der Waals surface area (Å²) >= 11 is 1.58. The van der Waals surface area contributed by atoms with Crippen molar-refractivity contribution in [2.75, 3.05) is 40.0 Å². The number of hydrogen-bond donors (Lipinski definition) is 3. The zero-order chi connectivity index (χ0) is 37.1. The number of methoxy groups -OCH3 is 1. The Hall–Kier alpha value is -2.69. The fraction of sp³-hybridized carbons (Fsp3) is 0.578. The van der Waals surface area contributed by atoms with Gasteiger partial charge in [-0.2, -0.15) is 0 Å². The van der Waals surface area contributed by atoms with Gasteiger partial charge in [0.05, 0.1) is 35.9 Å². The van der Waals surface area contributed by atoms with Crippen molar-refractivity contribution in [1.29, 1.82) is 0 Å². The molecule has 9 rings (SSSR count). The van der Waals surface area contributed by atoms with E-state index in [0.29, 0.717) is 45.7 Å². The summed E-state index contributed by atoms with van der Waals surface area (Å²) in [6.45, 7) is 7.52. The van der Waals surface area contributed by atoms with Crippen molar-refractivity contribution in [1.82, 2.24) is 4.90 Å². The molecule has 2 aromatic carbocycles. The van der Waals surface area contributed by atoms with E-state index in [-0.39, 0.29) is 41.2 Å². The Bertz CT molecular complexity index is 1840. The Labute approximate surface area is 318 Å². The van der Waals surface area contributed by atoms with E-state index in [1.807, 2.05) is 42.5 Å². The minimum atomic E-state index is -1.01. The van der Waals surface area contributed by atoms with Crippen LogP contribution < -0.4 is 0 Å². The van der Waals surface area contributed by atoms with Crippen LogP contribution in [0.1, 0.15) is 80.4 Å². The van der Waals surface area contributed by atoms with Gasteiger partial charge in [0.2, 0.25) is 0 Å². The lowest BCUT2D eigenvalue weighted by Crippen LogP contribution is -2.67. The summed E-state index contributed by atoms with van der Waals surface area (Å²) in [7, 11) is 1.71. The second-order valence-corrected chi connectivity index (χ2v) is 18.6. The van der Waals surface area contributed by atoms with Crippen molar-refractivity contribution >= 4 is 27.2 Å². The average Bonchev–Trinajstić information content (AvgIpc) is 3.70. The molecule has 7 nitrogen and oxygen atoms in total. The van der Waals surface area contributed by atoms with Gasteiger partial charge >= 0.3 is 0 Å². The van der Waals surface area contributed by atoms with E-state index in [1.54, 1.807) is 18.4 Å². The third-order valence-corrected chi connectivity index (χ3v) is 15.9. The van der Waals surface area contributed by atoms with E-state index < -0.39 is 22.5 Å². The van der Waals surface area contributed by atoms with Crippen LogP contribution in [0, 0.1) is 33.5 Å². The van der Waals surface area contributed by atoms with Crippen LogP contribution in [0.3, 0.4) is 0 Å². The molecule has 0 aliphatic heterocycles. The van der Waals surface area contributed by atoms with Crippen molar-refractivity contribution in [2.45, 2.75) is 89.6 Å². The predicted molar refractivity (Wildman–Crippen MR) is 210 cm³/mol. The molecular formula is C45H57NO6S. The van der Waals surface area contributed by atoms with Crippen molar-refractivity contribution in [3.8, 4) is 0 Å². The highest BCUT2D eigenvalue weighted by Gasteiger charge is 2.74. The zero-order valence-electron chi connectivity index (χ0n) is 31.6. The monoisotopic (exact) mass is 739 g/mol. The Morgan fingerprint density at radius 2 is 1.72 bits per heavy atom. The van der Waals surface area contributed by atoms with Gasteiger partial charge in [0.25, 0.3) is 0 Å². The van der Waals surface area contributed by atoms with Crippen LogP contribution >= 0.6 is 11.3 Å². The second-order valence-electron chi connectivity index (χ2n) is 17.5. The van der Waals surface area contributed by atoms with E-state index in [1.165, 1.54) is 0 Å². The van der Waals surface area contributed by atoms with Crippen molar-refractivity contribution in [2.24, 2.45) is 33.5 Å². The first kappa shape index (κ1) is 37.2. The zero-order valence-corrected chi connectivity index (χ0v) is 32.5. The molecule has 6 aliphatic rings. The number of fused-ring (bicyclic) bond motifs is 2. The molecule has 53 heavy (non-hydrogen) atoms. The first-order valence-electron chi connectivity index (χ1n) is 19.9. The molecule has 2 spiro atoms. The van der Waals surface area contributed by atoms with E-state index in [4.69, 9.17) is 9.47 Å². The molecule has 9 unspecified atom stereocenters. The summed E-state index contributed by atoms with van der Waals surface area (Å²) in [6, 6.07) is 20.3. The lowest BCUT2D eigenvalue weighted by Gasteiger charge is -2.71. The van der Waals surface area contributed by atoms with Gasteiger partial charge in [-0.3, -0.25) is 9.69 Å². The molecule has 1 heterocycles. The Balaban J connectivity index is 1.11. The number of carbonyl (C=O) groups is 1. The Morgan fingerprint density at radius 3 is 2.51 bits per heavy atom. The van der Waals surface area contributed by atoms with Gasteiger partial charge < -0.3 is 24.8 Å². The molecule has 3 N–H and O–H groups in total. The summed E-state index contributed by atoms with van der Waals surface area (Å²) in [5, 5.41) is 36.4. The van der Waals surface area contributed by atoms with Gasteiger partial charge in [-0.25, -0.2) is 0 Å². The normalized spacial score (nSPS) is 36.3. The first-order valence-corrected chi connectivity index (χ1v) is 20.7. The third kappa shape index (κ3) is 6.03. The van der Waals surface area contributed by atoms with Crippen LogP contribution in [0.25, 0.3) is 10.1 Å². The number of ketones is 1. The summed E-state index contributed by atoms with van der Waals surface area (Å²) in [5.41, 5.74) is -0.448. The molecule has 8 heteroatoms. The molecule has 6 aliphatic carbocycles. The Morgan fingerprint density at radius 1 is 0.981 bits per heavy atom. The topological polar surface area (TPSA) is 99.5 Å². The van der Waals surface area contributed by atoms with Gasteiger partial charge in [0.1, 0.15) is 0 Å². The lowest BCUT2D eigenvalue weighted by atomic mass is 9.32. The fourth-order valence-corrected chi connectivity index (χ4v) is 13.1. The van der Waals surface area contributed by atoms with E-state index in [9.17, 15) is 15.3 Å². The van der Waals surface area contributed by atoms with Gasteiger partial charge in [-0.05, 0) is 91.7 Å². The van der Waals surface area contributed by atoms with Crippen LogP contribution in [-0.4, -0.2) is 83.8 Å². The molecule has 284 valence electrons. The summed E-state index contributed by atoms with van der Waals surface area (Å²) in [5.74, 6) is 0.427. The van der Waals surface area contributed by atoms with Gasteiger partial charge in [-0.1, -0.05) is 80.6 Å². The number of aliphatic hydroxyl groups excluding tert-OH is 2. The molecule has 1 aromatic heterocycles. The standard InChI is InChI=1S/C45H57NO6S/c1-41-17-14-33(47)25-43(41)20-21-45(35(26-43)40(49)37-24-32-12-7-8-13-36(32)53-37)38(41)15-18-42(2)39(45)16-19-44(42,50)30-46(22-9-23-51-3)27-34(48)29-52-28-31-10-5-4-6-11-31/h4-8,10-13,20-21,24,26,33-34,38-39,47-48,50H,9,14-19,22-23,25,27-30H2,1-3H3. The first-order chi connectivity index (χ1) is 25.5. The minimum absolute atomic E-state index is 0.0708. The smallest absolute Gasteiger partial charge is 0.199 e. The maximum Gasteiger partial charge on any atom is 0.199 e. The van der Waals surface area contributed by atoms with E-state index in [0.717, 1.165) is 64.6 Å². The van der Waals surface area contributed by atoms with Crippen LogP contribution in [0.5, 0.6) is 0 Å². The number of ether oxygens (including phenoxy) is 2. The number of carbonyl (C=O) groups excluding carboxylic acids is 1. The van der Waals surface area contributed by atoms with Crippen molar-refractivity contribution in [3.05, 3.63) is 94.9 Å². The molecule has 0 amide bonds. The summed E-state index contributed by atoms with van der Waals surface area (Å²) < 4.78 is 12.5. The van der Waals surface area contributed by atoms with Crippen LogP contribution in [0.4, 0.5) is 0 Å². The average molecular weight is 740 g/mol. The highest BCUT2D eigenvalue weighted by Crippen LogP contribution is 2.78. The number of benzene rings is 2. The van der Waals surface area contributed by atoms with Crippen LogP contribution in [0.15, 0.2) is 84.5 Å². The molecule has 9 atom stereocenters. The Kier molecular flexibility index (Phi) is 9.92. The van der Waals surface area contributed by atoms with Crippen molar-refractivity contribution < 1.29 is 29.6 Å². The molecule has 2 bridgehead atoms. The van der Waals surface area contributed by atoms with Crippen LogP contribution in [-0.2, 0) is 16.1 Å². The van der Waals surface area contributed by atoms with Gasteiger partial charge in [0.15, 0.2) is 5.78 Å². The highest BCUT2D eigenvalue weighted by atomic mass is 32.1. The number of thiophene rings is 1. The van der Waals surface area contributed by atoms with Crippen LogP contribution in [0.2, 0.25) is 0 Å². The summed E-state index contributed by atoms with van der Waals surface area (Å²) in [4.78, 5) is 18.1. The highest BCUT2D eigenvalue weighted by molar-refractivity contribution is 7.21. The maximum absolute atomic E-state index is 15.1. The lowest BCUT2D eigenvalue weighted by molar-refractivity contribution is -0.177. The molecule has 3 saturated carbocycles. The van der Waals surface area contributed by atoms with Gasteiger partial charge in [0, 0.05) is 59.9 Å². The van der Waals surface area contributed by atoms with E-state index >= 15 is 4.79 Å². The largest absolute Gasteiger partial charge is 0.393 e. The fourth-order valence-electron chi connectivity index (χ4n) is 12.1. The molecule has 0 radical (unpaired) electrons. The van der Waals surface area contributed by atoms with Gasteiger partial charge in [-0.15, -0.1) is 11.3 Å². The quantitative estimate of drug-likeness (QED) is 0.0891. The maximum atomic E-state index is 15.1. The SMILES string of the molecule is COCCCN(CC(O)COCc1ccccc1)CC1(O)CCC2C34C=CC5(C=C3C(=O)c3cc6ccccc6s3)CC(O)CCC5(C)C4CCC21C. The van der Waals surface area contributed by atoms with E-state index in [2.05, 4.69) is 55.2 Å². The number of rotatable bonds is 14.